The van der Waals surface area contributed by atoms with Crippen LogP contribution in [0.2, 0.25) is 0 Å². The van der Waals surface area contributed by atoms with Crippen LogP contribution < -0.4 is 5.32 Å². The van der Waals surface area contributed by atoms with E-state index in [1.807, 2.05) is 17.5 Å². The highest BCUT2D eigenvalue weighted by molar-refractivity contribution is 7.12. The van der Waals surface area contributed by atoms with E-state index in [-0.39, 0.29) is 6.61 Å². The summed E-state index contributed by atoms with van der Waals surface area (Å²) in [7, 11) is 0. The molecule has 4 nitrogen and oxygen atoms in total. The third-order valence-electron chi connectivity index (χ3n) is 3.97. The van der Waals surface area contributed by atoms with E-state index in [2.05, 4.69) is 28.4 Å². The first-order chi connectivity index (χ1) is 10.8. The van der Waals surface area contributed by atoms with Crippen molar-refractivity contribution < 1.29 is 5.11 Å². The first kappa shape index (κ1) is 15.2. The molecule has 0 amide bonds. The molecule has 3 rings (SSSR count). The van der Waals surface area contributed by atoms with Crippen molar-refractivity contribution in [1.29, 1.82) is 5.41 Å². The Kier molecular flexibility index (Phi) is 4.87. The minimum absolute atomic E-state index is 0.205. The largest absolute Gasteiger partial charge is 0.395 e. The van der Waals surface area contributed by atoms with E-state index in [0.29, 0.717) is 5.84 Å². The minimum atomic E-state index is 0.205. The number of nitrogens with one attached hydrogen (secondary N) is 2. The van der Waals surface area contributed by atoms with E-state index in [0.717, 1.165) is 43.0 Å². The molecular weight excluding hydrogens is 294 g/mol. The summed E-state index contributed by atoms with van der Waals surface area (Å²) in [5, 5.41) is 22.5. The third kappa shape index (κ3) is 3.55. The fraction of sp³-hybridized carbons (Fsp3) is 0.353. The summed E-state index contributed by atoms with van der Waals surface area (Å²) in [6, 6.07) is 10.3. The topological polar surface area (TPSA) is 59.4 Å². The first-order valence-corrected chi connectivity index (χ1v) is 8.48. The molecule has 1 aromatic carbocycles. The van der Waals surface area contributed by atoms with Gasteiger partial charge in [-0.1, -0.05) is 12.1 Å². The number of benzene rings is 1. The van der Waals surface area contributed by atoms with Crippen LogP contribution in [0.5, 0.6) is 0 Å². The number of aryl methyl sites for hydroxylation is 1. The van der Waals surface area contributed by atoms with Crippen molar-refractivity contribution in [3.63, 3.8) is 0 Å². The van der Waals surface area contributed by atoms with Gasteiger partial charge in [-0.2, -0.15) is 0 Å². The third-order valence-corrected chi connectivity index (χ3v) is 4.86. The molecule has 2 heterocycles. The smallest absolute Gasteiger partial charge is 0.140 e. The van der Waals surface area contributed by atoms with Crippen LogP contribution in [0.4, 0.5) is 5.69 Å². The number of hydrogen-bond donors (Lipinski definition) is 3. The fourth-order valence-corrected chi connectivity index (χ4v) is 3.50. The molecule has 0 saturated heterocycles. The van der Waals surface area contributed by atoms with Gasteiger partial charge in [0.05, 0.1) is 11.5 Å². The maximum atomic E-state index is 9.16. The second-order valence-corrected chi connectivity index (χ2v) is 6.51. The molecule has 5 heteroatoms. The summed E-state index contributed by atoms with van der Waals surface area (Å²) >= 11 is 1.57. The minimum Gasteiger partial charge on any atom is -0.395 e. The molecule has 1 aliphatic heterocycles. The lowest BCUT2D eigenvalue weighted by Crippen LogP contribution is -2.26. The lowest BCUT2D eigenvalue weighted by Gasteiger charge is -2.19. The summed E-state index contributed by atoms with van der Waals surface area (Å²) in [6.45, 7) is 2.83. The zero-order valence-corrected chi connectivity index (χ0v) is 13.3. The van der Waals surface area contributed by atoms with Gasteiger partial charge in [-0.15, -0.1) is 11.3 Å². The number of β-amino-alcohol motifs (C(OH)–C–C–N with tert-alkyl or cyclic N) is 1. The lowest BCUT2D eigenvalue weighted by molar-refractivity contribution is 0.192. The normalized spacial score (nSPS) is 15.1. The monoisotopic (exact) mass is 315 g/mol. The average Bonchev–Trinajstić information content (AvgIpc) is 2.97. The van der Waals surface area contributed by atoms with Gasteiger partial charge in [0.25, 0.3) is 0 Å². The van der Waals surface area contributed by atoms with E-state index in [1.165, 1.54) is 11.1 Å². The summed E-state index contributed by atoms with van der Waals surface area (Å²) in [4.78, 5) is 3.23. The first-order valence-electron chi connectivity index (χ1n) is 7.61. The van der Waals surface area contributed by atoms with Crippen molar-refractivity contribution in [2.24, 2.45) is 0 Å². The van der Waals surface area contributed by atoms with Crippen molar-refractivity contribution in [3.05, 3.63) is 51.7 Å². The van der Waals surface area contributed by atoms with Gasteiger partial charge in [-0.3, -0.25) is 10.3 Å². The van der Waals surface area contributed by atoms with Gasteiger partial charge in [-0.05, 0) is 54.1 Å². The highest BCUT2D eigenvalue weighted by Crippen LogP contribution is 2.23. The van der Waals surface area contributed by atoms with Crippen molar-refractivity contribution in [2.75, 3.05) is 25.0 Å². The molecule has 0 saturated carbocycles. The number of aliphatic hydroxyl groups excluding tert-OH is 1. The Morgan fingerprint density at radius 3 is 3.00 bits per heavy atom. The fourth-order valence-electron chi connectivity index (χ4n) is 2.87. The van der Waals surface area contributed by atoms with Crippen molar-refractivity contribution in [3.8, 4) is 0 Å². The number of amidine groups is 1. The summed E-state index contributed by atoms with van der Waals surface area (Å²) in [5.74, 6) is 0.441. The second kappa shape index (κ2) is 7.05. The van der Waals surface area contributed by atoms with E-state index < -0.39 is 0 Å². The maximum absolute atomic E-state index is 9.16. The number of rotatable bonds is 4. The molecule has 0 spiro atoms. The highest BCUT2D eigenvalue weighted by Gasteiger charge is 2.14. The Morgan fingerprint density at radius 2 is 2.23 bits per heavy atom. The Labute approximate surface area is 134 Å². The molecule has 3 N–H and O–H groups in total. The Bertz CT molecular complexity index is 639. The lowest BCUT2D eigenvalue weighted by atomic mass is 10.0. The maximum Gasteiger partial charge on any atom is 0.140 e. The molecule has 1 aromatic heterocycles. The van der Waals surface area contributed by atoms with Gasteiger partial charge in [0.15, 0.2) is 0 Å². The Hall–Kier alpha value is -1.69. The Balaban J connectivity index is 1.76. The van der Waals surface area contributed by atoms with Gasteiger partial charge in [0.1, 0.15) is 5.84 Å². The molecule has 22 heavy (non-hydrogen) atoms. The number of aliphatic hydroxyl groups is 1. The highest BCUT2D eigenvalue weighted by atomic mass is 32.1. The number of fused-ring (bicyclic) bond motifs is 1. The van der Waals surface area contributed by atoms with Crippen molar-refractivity contribution in [2.45, 2.75) is 19.4 Å². The van der Waals surface area contributed by atoms with Crippen LogP contribution in [-0.4, -0.2) is 35.5 Å². The molecule has 2 aromatic rings. The Morgan fingerprint density at radius 1 is 1.32 bits per heavy atom. The van der Waals surface area contributed by atoms with Gasteiger partial charge in [0, 0.05) is 18.8 Å². The molecular formula is C17H21N3OS. The van der Waals surface area contributed by atoms with Crippen LogP contribution in [0.15, 0.2) is 35.7 Å². The van der Waals surface area contributed by atoms with Gasteiger partial charge >= 0.3 is 0 Å². The average molecular weight is 315 g/mol. The van der Waals surface area contributed by atoms with Crippen LogP contribution in [0.25, 0.3) is 0 Å². The summed E-state index contributed by atoms with van der Waals surface area (Å²) in [6.07, 6.45) is 2.21. The molecule has 1 aliphatic rings. The van der Waals surface area contributed by atoms with Crippen molar-refractivity contribution >= 4 is 22.9 Å². The standard InChI is InChI=1S/C17H21N3OS/c18-17(16-4-2-10-22-16)19-15-6-5-13-3-1-7-20(8-9-21)12-14(13)11-15/h2,4-6,10-11,21H,1,3,7-9,12H2,(H2,18,19). The van der Waals surface area contributed by atoms with Crippen LogP contribution in [0.1, 0.15) is 22.4 Å². The molecule has 0 bridgehead atoms. The zero-order chi connectivity index (χ0) is 15.4. The molecule has 0 aliphatic carbocycles. The number of anilines is 1. The van der Waals surface area contributed by atoms with Crippen LogP contribution in [0.3, 0.4) is 0 Å². The number of thiophene rings is 1. The molecule has 0 atom stereocenters. The number of nitrogens with zero attached hydrogens (tertiary/aromatic N) is 1. The SMILES string of the molecule is N=C(Nc1ccc2c(c1)CN(CCO)CCC2)c1cccs1. The second-order valence-electron chi connectivity index (χ2n) is 5.56. The van der Waals surface area contributed by atoms with Gasteiger partial charge in [0.2, 0.25) is 0 Å². The molecule has 116 valence electrons. The molecule has 0 unspecified atom stereocenters. The van der Waals surface area contributed by atoms with Gasteiger partial charge in [-0.25, -0.2) is 0 Å². The van der Waals surface area contributed by atoms with E-state index in [4.69, 9.17) is 10.5 Å². The van der Waals surface area contributed by atoms with Crippen LogP contribution >= 0.6 is 11.3 Å². The summed E-state index contributed by atoms with van der Waals surface area (Å²) < 4.78 is 0. The molecule has 0 radical (unpaired) electrons. The molecule has 0 fully saturated rings. The van der Waals surface area contributed by atoms with E-state index in [9.17, 15) is 0 Å². The quantitative estimate of drug-likeness (QED) is 0.600. The summed E-state index contributed by atoms with van der Waals surface area (Å²) in [5.41, 5.74) is 3.64. The van der Waals surface area contributed by atoms with E-state index >= 15 is 0 Å². The predicted octanol–water partition coefficient (Wildman–Crippen LogP) is 2.93. The predicted molar refractivity (Wildman–Crippen MR) is 91.9 cm³/mol. The van der Waals surface area contributed by atoms with Crippen molar-refractivity contribution in [1.82, 2.24) is 4.90 Å². The number of hydrogen-bond acceptors (Lipinski definition) is 4. The van der Waals surface area contributed by atoms with Gasteiger partial charge < -0.3 is 10.4 Å². The van der Waals surface area contributed by atoms with E-state index in [1.54, 1.807) is 11.3 Å². The van der Waals surface area contributed by atoms with Crippen LogP contribution in [-0.2, 0) is 13.0 Å². The van der Waals surface area contributed by atoms with Crippen LogP contribution in [0, 0.1) is 5.41 Å². The zero-order valence-electron chi connectivity index (χ0n) is 12.5.